The van der Waals surface area contributed by atoms with Crippen LogP contribution >= 0.6 is 35.0 Å². The zero-order chi connectivity index (χ0) is 29.6. The molecule has 2 amide bonds. The lowest BCUT2D eigenvalue weighted by molar-refractivity contribution is -0.139. The first kappa shape index (κ1) is 31.8. The van der Waals surface area contributed by atoms with Gasteiger partial charge in [-0.25, -0.2) is 8.42 Å². The second-order valence-corrected chi connectivity index (χ2v) is 13.1. The molecule has 3 aromatic carbocycles. The van der Waals surface area contributed by atoms with Crippen LogP contribution in [0.25, 0.3) is 0 Å². The Bertz CT molecular complexity index is 1430. The van der Waals surface area contributed by atoms with Crippen molar-refractivity contribution in [3.8, 4) is 0 Å². The Morgan fingerprint density at radius 1 is 0.925 bits per heavy atom. The minimum Gasteiger partial charge on any atom is -0.352 e. The van der Waals surface area contributed by atoms with E-state index in [2.05, 4.69) is 5.32 Å². The third-order valence-electron chi connectivity index (χ3n) is 6.24. The predicted molar refractivity (Wildman–Crippen MR) is 164 cm³/mol. The molecule has 3 rings (SSSR count). The summed E-state index contributed by atoms with van der Waals surface area (Å²) >= 11 is 14.3. The van der Waals surface area contributed by atoms with Crippen LogP contribution in [0.3, 0.4) is 0 Å². The molecule has 214 valence electrons. The number of hydrogen-bond donors (Lipinski definition) is 1. The van der Waals surface area contributed by atoms with Gasteiger partial charge in [-0.1, -0.05) is 47.0 Å². The minimum absolute atomic E-state index is 0.0463. The molecule has 3 aromatic rings. The van der Waals surface area contributed by atoms with Gasteiger partial charge in [0.2, 0.25) is 11.8 Å². The van der Waals surface area contributed by atoms with Crippen LogP contribution in [0.1, 0.15) is 31.9 Å². The smallest absolute Gasteiger partial charge is 0.264 e. The quantitative estimate of drug-likeness (QED) is 0.259. The Balaban J connectivity index is 2.06. The van der Waals surface area contributed by atoms with Gasteiger partial charge in [0, 0.05) is 33.1 Å². The van der Waals surface area contributed by atoms with Crippen LogP contribution < -0.4 is 9.62 Å². The maximum atomic E-state index is 14.0. The van der Waals surface area contributed by atoms with Gasteiger partial charge in [-0.05, 0) is 82.5 Å². The van der Waals surface area contributed by atoms with Gasteiger partial charge in [0.25, 0.3) is 10.0 Å². The maximum absolute atomic E-state index is 14.0. The van der Waals surface area contributed by atoms with E-state index in [1.807, 2.05) is 27.0 Å². The summed E-state index contributed by atoms with van der Waals surface area (Å²) in [6.45, 7) is 6.47. The summed E-state index contributed by atoms with van der Waals surface area (Å²) in [5, 5.41) is 3.48. The highest BCUT2D eigenvalue weighted by molar-refractivity contribution is 7.98. The number of nitrogens with one attached hydrogen (secondary N) is 1. The molecule has 0 bridgehead atoms. The number of benzene rings is 3. The lowest BCUT2D eigenvalue weighted by atomic mass is 10.1. The van der Waals surface area contributed by atoms with E-state index in [1.165, 1.54) is 28.8 Å². The van der Waals surface area contributed by atoms with Crippen molar-refractivity contribution in [1.82, 2.24) is 10.2 Å². The molecule has 0 saturated carbocycles. The van der Waals surface area contributed by atoms with Crippen molar-refractivity contribution >= 4 is 62.5 Å². The molecule has 0 fully saturated rings. The van der Waals surface area contributed by atoms with Gasteiger partial charge in [-0.3, -0.25) is 13.9 Å². The van der Waals surface area contributed by atoms with Crippen LogP contribution in [-0.2, 0) is 26.2 Å². The molecule has 11 heteroatoms. The van der Waals surface area contributed by atoms with Gasteiger partial charge >= 0.3 is 0 Å². The second-order valence-electron chi connectivity index (χ2n) is 9.58. The fourth-order valence-electron chi connectivity index (χ4n) is 3.96. The molecule has 0 aliphatic rings. The molecule has 0 aliphatic heterocycles. The lowest BCUT2D eigenvalue weighted by Crippen LogP contribution is -2.52. The van der Waals surface area contributed by atoms with Gasteiger partial charge in [-0.15, -0.1) is 11.8 Å². The second kappa shape index (κ2) is 13.8. The van der Waals surface area contributed by atoms with Gasteiger partial charge in [0.1, 0.15) is 12.6 Å². The first-order chi connectivity index (χ1) is 18.8. The van der Waals surface area contributed by atoms with Gasteiger partial charge in [0.15, 0.2) is 0 Å². The highest BCUT2D eigenvalue weighted by atomic mass is 35.5. The summed E-state index contributed by atoms with van der Waals surface area (Å²) in [6, 6.07) is 17.2. The van der Waals surface area contributed by atoms with Crippen molar-refractivity contribution in [3.63, 3.8) is 0 Å². The monoisotopic (exact) mass is 621 g/mol. The number of nitrogens with zero attached hydrogens (tertiary/aromatic N) is 2. The number of anilines is 1. The summed E-state index contributed by atoms with van der Waals surface area (Å²) in [6.07, 6.45) is 1.90. The fourth-order valence-corrected chi connectivity index (χ4v) is 6.30. The SMILES string of the molecule is CSc1ccc(S(=O)(=O)N(CC(=O)N(Cc2c(Cl)cccc2Cl)[C@@H](C)C(=O)NC(C)C)c2ccc(C)cc2)cc1. The first-order valence-electron chi connectivity index (χ1n) is 12.6. The molecule has 40 heavy (non-hydrogen) atoms. The van der Waals surface area contributed by atoms with E-state index in [9.17, 15) is 18.0 Å². The zero-order valence-electron chi connectivity index (χ0n) is 23.0. The summed E-state index contributed by atoms with van der Waals surface area (Å²) in [7, 11) is -4.15. The zero-order valence-corrected chi connectivity index (χ0v) is 26.2. The molecule has 0 unspecified atom stereocenters. The van der Waals surface area contributed by atoms with E-state index >= 15 is 0 Å². The minimum atomic E-state index is -4.15. The average molecular weight is 623 g/mol. The molecule has 0 heterocycles. The van der Waals surface area contributed by atoms with Crippen LogP contribution in [0.2, 0.25) is 10.0 Å². The molecule has 0 aliphatic carbocycles. The third-order valence-corrected chi connectivity index (χ3v) is 9.48. The highest BCUT2D eigenvalue weighted by Crippen LogP contribution is 2.29. The number of carbonyl (C=O) groups is 2. The maximum Gasteiger partial charge on any atom is 0.264 e. The van der Waals surface area contributed by atoms with Gasteiger partial charge < -0.3 is 10.2 Å². The van der Waals surface area contributed by atoms with Crippen molar-refractivity contribution in [2.75, 3.05) is 17.1 Å². The Morgan fingerprint density at radius 3 is 2.02 bits per heavy atom. The topological polar surface area (TPSA) is 86.8 Å². The van der Waals surface area contributed by atoms with Crippen molar-refractivity contribution < 1.29 is 18.0 Å². The Morgan fingerprint density at radius 2 is 1.50 bits per heavy atom. The number of thioether (sulfide) groups is 1. The van der Waals surface area contributed by atoms with E-state index in [0.717, 1.165) is 14.8 Å². The number of aryl methyl sites for hydroxylation is 1. The van der Waals surface area contributed by atoms with E-state index in [4.69, 9.17) is 23.2 Å². The van der Waals surface area contributed by atoms with Crippen molar-refractivity contribution in [3.05, 3.63) is 87.9 Å². The van der Waals surface area contributed by atoms with Crippen LogP contribution in [0.15, 0.2) is 76.5 Å². The number of carbonyl (C=O) groups excluding carboxylic acids is 2. The summed E-state index contributed by atoms with van der Waals surface area (Å²) in [5.41, 5.74) is 1.72. The van der Waals surface area contributed by atoms with Crippen molar-refractivity contribution in [1.29, 1.82) is 0 Å². The summed E-state index contributed by atoms with van der Waals surface area (Å²) in [4.78, 5) is 29.3. The molecule has 7 nitrogen and oxygen atoms in total. The van der Waals surface area contributed by atoms with Crippen molar-refractivity contribution in [2.24, 2.45) is 0 Å². The molecule has 0 saturated heterocycles. The Hall–Kier alpha value is -2.72. The largest absolute Gasteiger partial charge is 0.352 e. The number of halogens is 2. The van der Waals surface area contributed by atoms with Crippen LogP contribution in [0.5, 0.6) is 0 Å². The third kappa shape index (κ3) is 7.72. The van der Waals surface area contributed by atoms with Crippen LogP contribution in [-0.4, -0.2) is 50.0 Å². The lowest BCUT2D eigenvalue weighted by Gasteiger charge is -2.32. The van der Waals surface area contributed by atoms with Crippen LogP contribution in [0, 0.1) is 6.92 Å². The molecular weight excluding hydrogens is 589 g/mol. The first-order valence-corrected chi connectivity index (χ1v) is 16.0. The molecule has 1 atom stereocenters. The summed E-state index contributed by atoms with van der Waals surface area (Å²) in [5.74, 6) is -0.976. The van der Waals surface area contributed by atoms with Crippen molar-refractivity contribution in [2.45, 2.75) is 56.1 Å². The number of rotatable bonds is 11. The molecule has 0 spiro atoms. The predicted octanol–water partition coefficient (Wildman–Crippen LogP) is 6.16. The Kier molecular flexibility index (Phi) is 10.9. The number of amides is 2. The average Bonchev–Trinajstić information content (AvgIpc) is 2.91. The summed E-state index contributed by atoms with van der Waals surface area (Å²) < 4.78 is 28.9. The van der Waals surface area contributed by atoms with E-state index in [1.54, 1.807) is 61.5 Å². The van der Waals surface area contributed by atoms with Crippen LogP contribution in [0.4, 0.5) is 5.69 Å². The normalized spacial score (nSPS) is 12.2. The highest BCUT2D eigenvalue weighted by Gasteiger charge is 2.33. The molecular formula is C29H33Cl2N3O4S2. The van der Waals surface area contributed by atoms with E-state index in [-0.39, 0.29) is 23.4 Å². The molecule has 0 aromatic heterocycles. The van der Waals surface area contributed by atoms with E-state index < -0.39 is 28.5 Å². The molecule has 1 N–H and O–H groups in total. The standard InChI is InChI=1S/C29H33Cl2N3O4S2/c1-19(2)32-29(36)21(4)33(17-25-26(30)7-6-8-27(25)31)28(35)18-34(22-11-9-20(3)10-12-22)40(37,38)24-15-13-23(39-5)14-16-24/h6-16,19,21H,17-18H2,1-5H3,(H,32,36)/t21-/m0/s1. The number of sulfonamides is 1. The number of hydrogen-bond acceptors (Lipinski definition) is 5. The molecule has 0 radical (unpaired) electrons. The van der Waals surface area contributed by atoms with Gasteiger partial charge in [-0.2, -0.15) is 0 Å². The van der Waals surface area contributed by atoms with Gasteiger partial charge in [0.05, 0.1) is 10.6 Å². The fraction of sp³-hybridized carbons (Fsp3) is 0.310. The van der Waals surface area contributed by atoms with E-state index in [0.29, 0.717) is 21.3 Å². The Labute approximate surface area is 250 Å².